The Labute approximate surface area is 102 Å². The molecule has 0 radical (unpaired) electrons. The van der Waals surface area contributed by atoms with Crippen LogP contribution in [0.3, 0.4) is 0 Å². The number of nitrogens with one attached hydrogen (secondary N) is 1. The Morgan fingerprint density at radius 2 is 2.25 bits per heavy atom. The van der Waals surface area contributed by atoms with Crippen molar-refractivity contribution in [1.82, 2.24) is 10.3 Å². The Morgan fingerprint density at radius 1 is 1.56 bits per heavy atom. The topological polar surface area (TPSA) is 24.9 Å². The van der Waals surface area contributed by atoms with Gasteiger partial charge in [0.2, 0.25) is 0 Å². The number of thiazole rings is 1. The van der Waals surface area contributed by atoms with E-state index in [9.17, 15) is 0 Å². The minimum Gasteiger partial charge on any atom is -0.303 e. The molecule has 1 aliphatic rings. The van der Waals surface area contributed by atoms with Gasteiger partial charge >= 0.3 is 0 Å². The highest BCUT2D eigenvalue weighted by Gasteiger charge is 2.29. The minimum absolute atomic E-state index is 0.00718. The molecule has 1 unspecified atom stereocenters. The van der Waals surface area contributed by atoms with E-state index >= 15 is 0 Å². The first-order chi connectivity index (χ1) is 7.47. The van der Waals surface area contributed by atoms with Gasteiger partial charge in [-0.15, -0.1) is 11.3 Å². The van der Waals surface area contributed by atoms with Gasteiger partial charge in [0.15, 0.2) is 0 Å². The van der Waals surface area contributed by atoms with Crippen LogP contribution in [0, 0.1) is 12.8 Å². The zero-order chi connectivity index (χ0) is 11.8. The second-order valence-electron chi connectivity index (χ2n) is 5.64. The molecule has 16 heavy (non-hydrogen) atoms. The van der Waals surface area contributed by atoms with Crippen molar-refractivity contribution in [3.05, 3.63) is 16.1 Å². The van der Waals surface area contributed by atoms with Crippen LogP contribution < -0.4 is 5.32 Å². The fourth-order valence-electron chi connectivity index (χ4n) is 2.23. The summed E-state index contributed by atoms with van der Waals surface area (Å²) in [6, 6.07) is 0.590. The standard InChI is InChI=1S/C13H22N2S/c1-9(7-11-5-6-11)15-13(3,4)12-14-10(2)8-16-12/h8-9,11,15H,5-7H2,1-4H3. The van der Waals surface area contributed by atoms with Crippen LogP contribution in [0.2, 0.25) is 0 Å². The van der Waals surface area contributed by atoms with E-state index in [1.54, 1.807) is 11.3 Å². The first-order valence-electron chi connectivity index (χ1n) is 6.17. The number of nitrogens with zero attached hydrogens (tertiary/aromatic N) is 1. The Hall–Kier alpha value is -0.410. The lowest BCUT2D eigenvalue weighted by molar-refractivity contribution is 0.333. The third-order valence-corrected chi connectivity index (χ3v) is 4.43. The first kappa shape index (κ1) is 12.1. The third kappa shape index (κ3) is 3.05. The van der Waals surface area contributed by atoms with E-state index in [0.717, 1.165) is 11.6 Å². The smallest absolute Gasteiger partial charge is 0.112 e. The normalized spacial score (nSPS) is 18.8. The van der Waals surface area contributed by atoms with E-state index < -0.39 is 0 Å². The number of aromatic nitrogens is 1. The van der Waals surface area contributed by atoms with Crippen molar-refractivity contribution in [2.45, 2.75) is 58.5 Å². The molecule has 1 aliphatic carbocycles. The molecule has 2 rings (SSSR count). The molecule has 90 valence electrons. The number of rotatable bonds is 5. The predicted molar refractivity (Wildman–Crippen MR) is 69.8 cm³/mol. The molecule has 1 atom stereocenters. The third-order valence-electron chi connectivity index (χ3n) is 3.14. The molecule has 1 heterocycles. The van der Waals surface area contributed by atoms with Crippen molar-refractivity contribution in [1.29, 1.82) is 0 Å². The van der Waals surface area contributed by atoms with E-state index in [4.69, 9.17) is 0 Å². The van der Waals surface area contributed by atoms with Crippen molar-refractivity contribution in [3.63, 3.8) is 0 Å². The van der Waals surface area contributed by atoms with Crippen LogP contribution in [-0.4, -0.2) is 11.0 Å². The summed E-state index contributed by atoms with van der Waals surface area (Å²) < 4.78 is 0. The molecule has 1 aromatic heterocycles. The fraction of sp³-hybridized carbons (Fsp3) is 0.769. The Bertz CT molecular complexity index is 353. The van der Waals surface area contributed by atoms with Gasteiger partial charge in [-0.1, -0.05) is 12.8 Å². The van der Waals surface area contributed by atoms with Gasteiger partial charge in [-0.05, 0) is 40.0 Å². The largest absolute Gasteiger partial charge is 0.303 e. The number of aryl methyl sites for hydroxylation is 1. The molecule has 1 saturated carbocycles. The lowest BCUT2D eigenvalue weighted by Crippen LogP contribution is -2.42. The molecule has 1 fully saturated rings. The highest BCUT2D eigenvalue weighted by molar-refractivity contribution is 7.09. The van der Waals surface area contributed by atoms with Crippen molar-refractivity contribution in [3.8, 4) is 0 Å². The predicted octanol–water partition coefficient (Wildman–Crippen LogP) is 3.46. The minimum atomic E-state index is 0.00718. The van der Waals surface area contributed by atoms with Gasteiger partial charge in [0.25, 0.3) is 0 Å². The molecule has 0 saturated heterocycles. The molecular formula is C13H22N2S. The average Bonchev–Trinajstić information content (AvgIpc) is 2.84. The van der Waals surface area contributed by atoms with Crippen molar-refractivity contribution < 1.29 is 0 Å². The zero-order valence-electron chi connectivity index (χ0n) is 10.7. The molecule has 0 spiro atoms. The van der Waals surface area contributed by atoms with E-state index in [-0.39, 0.29) is 5.54 Å². The molecule has 1 aromatic rings. The van der Waals surface area contributed by atoms with Gasteiger partial charge in [-0.25, -0.2) is 4.98 Å². The van der Waals surface area contributed by atoms with Gasteiger partial charge in [0.05, 0.1) is 5.54 Å². The molecular weight excluding hydrogens is 216 g/mol. The van der Waals surface area contributed by atoms with Crippen LogP contribution in [-0.2, 0) is 5.54 Å². The monoisotopic (exact) mass is 238 g/mol. The summed E-state index contributed by atoms with van der Waals surface area (Å²) in [5.74, 6) is 0.983. The van der Waals surface area contributed by atoms with Gasteiger partial charge in [-0.2, -0.15) is 0 Å². The van der Waals surface area contributed by atoms with Crippen LogP contribution in [0.4, 0.5) is 0 Å². The molecule has 0 aromatic carbocycles. The first-order valence-corrected chi connectivity index (χ1v) is 7.05. The zero-order valence-corrected chi connectivity index (χ0v) is 11.5. The Morgan fingerprint density at radius 3 is 2.75 bits per heavy atom. The highest BCUT2D eigenvalue weighted by Crippen LogP contribution is 2.34. The van der Waals surface area contributed by atoms with E-state index in [1.807, 2.05) is 0 Å². The summed E-state index contributed by atoms with van der Waals surface area (Å²) in [5, 5.41) is 7.04. The maximum Gasteiger partial charge on any atom is 0.112 e. The van der Waals surface area contributed by atoms with Crippen molar-refractivity contribution in [2.75, 3.05) is 0 Å². The lowest BCUT2D eigenvalue weighted by Gasteiger charge is -2.28. The molecule has 0 bridgehead atoms. The van der Waals surface area contributed by atoms with Crippen LogP contribution >= 0.6 is 11.3 Å². The fourth-order valence-corrected chi connectivity index (χ4v) is 3.12. The molecule has 0 aliphatic heterocycles. The summed E-state index contributed by atoms with van der Waals surface area (Å²) in [4.78, 5) is 4.59. The van der Waals surface area contributed by atoms with E-state index in [0.29, 0.717) is 6.04 Å². The number of hydrogen-bond acceptors (Lipinski definition) is 3. The molecule has 3 heteroatoms. The van der Waals surface area contributed by atoms with Gasteiger partial charge in [0.1, 0.15) is 5.01 Å². The van der Waals surface area contributed by atoms with Gasteiger partial charge < -0.3 is 5.32 Å². The van der Waals surface area contributed by atoms with E-state index in [2.05, 4.69) is 43.4 Å². The Kier molecular flexibility index (Phi) is 3.36. The van der Waals surface area contributed by atoms with Crippen molar-refractivity contribution in [2.24, 2.45) is 5.92 Å². The van der Waals surface area contributed by atoms with Crippen LogP contribution in [0.15, 0.2) is 5.38 Å². The van der Waals surface area contributed by atoms with Gasteiger partial charge in [0, 0.05) is 17.1 Å². The Balaban J connectivity index is 1.95. The summed E-state index contributed by atoms with van der Waals surface area (Å²) in [6.07, 6.45) is 4.18. The summed E-state index contributed by atoms with van der Waals surface area (Å²) in [5.41, 5.74) is 1.14. The summed E-state index contributed by atoms with van der Waals surface area (Å²) in [6.45, 7) is 8.81. The van der Waals surface area contributed by atoms with Crippen LogP contribution in [0.1, 0.15) is 50.7 Å². The lowest BCUT2D eigenvalue weighted by atomic mass is 10.0. The SMILES string of the molecule is Cc1csc(C(C)(C)NC(C)CC2CC2)n1. The average molecular weight is 238 g/mol. The van der Waals surface area contributed by atoms with E-state index in [1.165, 1.54) is 24.3 Å². The van der Waals surface area contributed by atoms with Gasteiger partial charge in [-0.3, -0.25) is 0 Å². The van der Waals surface area contributed by atoms with Crippen LogP contribution in [0.25, 0.3) is 0 Å². The highest BCUT2D eigenvalue weighted by atomic mass is 32.1. The maximum atomic E-state index is 4.59. The number of hydrogen-bond donors (Lipinski definition) is 1. The maximum absolute atomic E-state index is 4.59. The molecule has 0 amide bonds. The molecule has 2 nitrogen and oxygen atoms in total. The van der Waals surface area contributed by atoms with Crippen LogP contribution in [0.5, 0.6) is 0 Å². The summed E-state index contributed by atoms with van der Waals surface area (Å²) >= 11 is 1.76. The molecule has 1 N–H and O–H groups in total. The quantitative estimate of drug-likeness (QED) is 0.849. The van der Waals surface area contributed by atoms with Crippen molar-refractivity contribution >= 4 is 11.3 Å². The second kappa shape index (κ2) is 4.46. The summed E-state index contributed by atoms with van der Waals surface area (Å²) in [7, 11) is 0. The second-order valence-corrected chi connectivity index (χ2v) is 6.50.